The van der Waals surface area contributed by atoms with E-state index in [-0.39, 0.29) is 17.1 Å². The SMILES string of the molecule is CNC(=O)C1(C)CCN(C(=O)C(C)S)C1. The van der Waals surface area contributed by atoms with Gasteiger partial charge in [-0.2, -0.15) is 12.6 Å². The van der Waals surface area contributed by atoms with Gasteiger partial charge in [0.05, 0.1) is 10.7 Å². The third-order valence-corrected chi connectivity index (χ3v) is 3.14. The van der Waals surface area contributed by atoms with Crippen molar-refractivity contribution >= 4 is 24.4 Å². The van der Waals surface area contributed by atoms with E-state index in [0.29, 0.717) is 13.1 Å². The minimum Gasteiger partial charge on any atom is -0.359 e. The lowest BCUT2D eigenvalue weighted by molar-refractivity contribution is -0.132. The molecule has 0 aromatic heterocycles. The Morgan fingerprint density at radius 1 is 1.53 bits per heavy atom. The van der Waals surface area contributed by atoms with Crippen LogP contribution < -0.4 is 5.32 Å². The fourth-order valence-electron chi connectivity index (χ4n) is 1.90. The Morgan fingerprint density at radius 2 is 2.13 bits per heavy atom. The number of hydrogen-bond acceptors (Lipinski definition) is 3. The first kappa shape index (κ1) is 12.4. The molecule has 1 N–H and O–H groups in total. The molecule has 1 fully saturated rings. The molecule has 1 rings (SSSR count). The summed E-state index contributed by atoms with van der Waals surface area (Å²) in [6.07, 6.45) is 0.721. The number of likely N-dealkylation sites (tertiary alicyclic amines) is 1. The second-order valence-corrected chi connectivity index (χ2v) is 5.10. The van der Waals surface area contributed by atoms with Crippen molar-refractivity contribution in [1.82, 2.24) is 10.2 Å². The van der Waals surface area contributed by atoms with Crippen molar-refractivity contribution in [3.63, 3.8) is 0 Å². The lowest BCUT2D eigenvalue weighted by Crippen LogP contribution is -2.41. The summed E-state index contributed by atoms with van der Waals surface area (Å²) in [5.74, 6) is 0.00980. The van der Waals surface area contributed by atoms with Crippen LogP contribution in [0.25, 0.3) is 0 Å². The fourth-order valence-corrected chi connectivity index (χ4v) is 2.06. The zero-order valence-corrected chi connectivity index (χ0v) is 10.3. The van der Waals surface area contributed by atoms with E-state index in [4.69, 9.17) is 0 Å². The molecule has 4 nitrogen and oxygen atoms in total. The van der Waals surface area contributed by atoms with E-state index in [1.165, 1.54) is 0 Å². The molecule has 0 aliphatic carbocycles. The van der Waals surface area contributed by atoms with E-state index >= 15 is 0 Å². The monoisotopic (exact) mass is 230 g/mol. The number of rotatable bonds is 2. The molecule has 5 heteroatoms. The Hall–Kier alpha value is -0.710. The van der Waals surface area contributed by atoms with Crippen molar-refractivity contribution in [2.24, 2.45) is 5.41 Å². The minimum absolute atomic E-state index is 0.00428. The topological polar surface area (TPSA) is 49.4 Å². The van der Waals surface area contributed by atoms with Crippen LogP contribution in [-0.2, 0) is 9.59 Å². The summed E-state index contributed by atoms with van der Waals surface area (Å²) in [5.41, 5.74) is -0.437. The number of carbonyl (C=O) groups excluding carboxylic acids is 2. The summed E-state index contributed by atoms with van der Waals surface area (Å²) >= 11 is 4.11. The molecule has 2 unspecified atom stereocenters. The maximum Gasteiger partial charge on any atom is 0.235 e. The van der Waals surface area contributed by atoms with Crippen LogP contribution in [0.4, 0.5) is 0 Å². The predicted molar refractivity (Wildman–Crippen MR) is 61.8 cm³/mol. The number of hydrogen-bond donors (Lipinski definition) is 2. The summed E-state index contributed by atoms with van der Waals surface area (Å²) in [5, 5.41) is 2.35. The lowest BCUT2D eigenvalue weighted by Gasteiger charge is -2.23. The Balaban J connectivity index is 2.66. The first-order valence-corrected chi connectivity index (χ1v) is 5.61. The van der Waals surface area contributed by atoms with Gasteiger partial charge in [0.2, 0.25) is 11.8 Å². The van der Waals surface area contributed by atoms with E-state index in [1.54, 1.807) is 18.9 Å². The number of carbonyl (C=O) groups is 2. The molecule has 0 saturated carbocycles. The second kappa shape index (κ2) is 4.43. The number of nitrogens with zero attached hydrogens (tertiary/aromatic N) is 1. The smallest absolute Gasteiger partial charge is 0.235 e. The Labute approximate surface area is 95.8 Å². The fraction of sp³-hybridized carbons (Fsp3) is 0.800. The Morgan fingerprint density at radius 3 is 2.60 bits per heavy atom. The normalized spacial score (nSPS) is 27.6. The largest absolute Gasteiger partial charge is 0.359 e. The van der Waals surface area contributed by atoms with Crippen LogP contribution in [0.1, 0.15) is 20.3 Å². The van der Waals surface area contributed by atoms with Crippen molar-refractivity contribution in [3.05, 3.63) is 0 Å². The van der Waals surface area contributed by atoms with Crippen molar-refractivity contribution in [1.29, 1.82) is 0 Å². The van der Waals surface area contributed by atoms with Gasteiger partial charge in [-0.3, -0.25) is 9.59 Å². The van der Waals surface area contributed by atoms with Crippen molar-refractivity contribution in [2.45, 2.75) is 25.5 Å². The molecule has 0 aromatic rings. The first-order valence-electron chi connectivity index (χ1n) is 5.10. The van der Waals surface area contributed by atoms with Gasteiger partial charge in [-0.25, -0.2) is 0 Å². The standard InChI is InChI=1S/C10H18N2O2S/c1-7(15)8(13)12-5-4-10(2,6-12)9(14)11-3/h7,15H,4-6H2,1-3H3,(H,11,14). The van der Waals surface area contributed by atoms with Crippen molar-refractivity contribution in [2.75, 3.05) is 20.1 Å². The average molecular weight is 230 g/mol. The van der Waals surface area contributed by atoms with Gasteiger partial charge in [-0.05, 0) is 20.3 Å². The highest BCUT2D eigenvalue weighted by molar-refractivity contribution is 7.81. The van der Waals surface area contributed by atoms with E-state index in [2.05, 4.69) is 17.9 Å². The molecule has 86 valence electrons. The Bertz CT molecular complexity index is 281. The molecule has 0 spiro atoms. The van der Waals surface area contributed by atoms with Crippen LogP contribution in [0.5, 0.6) is 0 Å². The maximum absolute atomic E-state index is 11.7. The van der Waals surface area contributed by atoms with Gasteiger partial charge in [-0.15, -0.1) is 0 Å². The molecule has 1 heterocycles. The van der Waals surface area contributed by atoms with Gasteiger partial charge < -0.3 is 10.2 Å². The highest BCUT2D eigenvalue weighted by atomic mass is 32.1. The first-order chi connectivity index (χ1) is 6.90. The molecule has 1 aliphatic rings. The van der Waals surface area contributed by atoms with Gasteiger partial charge in [0.15, 0.2) is 0 Å². The van der Waals surface area contributed by atoms with Gasteiger partial charge in [0.25, 0.3) is 0 Å². The molecule has 2 atom stereocenters. The van der Waals surface area contributed by atoms with Crippen LogP contribution in [0.2, 0.25) is 0 Å². The zero-order valence-electron chi connectivity index (χ0n) is 9.41. The highest BCUT2D eigenvalue weighted by Gasteiger charge is 2.41. The number of amides is 2. The van der Waals surface area contributed by atoms with Gasteiger partial charge in [0, 0.05) is 20.1 Å². The molecule has 2 amide bonds. The van der Waals surface area contributed by atoms with Crippen LogP contribution >= 0.6 is 12.6 Å². The second-order valence-electron chi connectivity index (χ2n) is 4.33. The predicted octanol–water partition coefficient (Wildman–Crippen LogP) is 0.289. The maximum atomic E-state index is 11.7. The van der Waals surface area contributed by atoms with Crippen molar-refractivity contribution in [3.8, 4) is 0 Å². The molecule has 15 heavy (non-hydrogen) atoms. The highest BCUT2D eigenvalue weighted by Crippen LogP contribution is 2.30. The molecular weight excluding hydrogens is 212 g/mol. The van der Waals surface area contributed by atoms with Crippen LogP contribution in [0.15, 0.2) is 0 Å². The van der Waals surface area contributed by atoms with Crippen molar-refractivity contribution < 1.29 is 9.59 Å². The molecule has 0 radical (unpaired) electrons. The molecule has 0 bridgehead atoms. The van der Waals surface area contributed by atoms with E-state index in [9.17, 15) is 9.59 Å². The quantitative estimate of drug-likeness (QED) is 0.670. The third kappa shape index (κ3) is 2.45. The summed E-state index contributed by atoms with van der Waals surface area (Å²) < 4.78 is 0. The van der Waals surface area contributed by atoms with Crippen LogP contribution in [0.3, 0.4) is 0 Å². The molecule has 1 saturated heterocycles. The van der Waals surface area contributed by atoms with Gasteiger partial charge >= 0.3 is 0 Å². The average Bonchev–Trinajstić information content (AvgIpc) is 2.59. The summed E-state index contributed by atoms with van der Waals surface area (Å²) in [6.45, 7) is 4.79. The van der Waals surface area contributed by atoms with E-state index in [0.717, 1.165) is 6.42 Å². The lowest BCUT2D eigenvalue weighted by atomic mass is 9.89. The van der Waals surface area contributed by atoms with E-state index < -0.39 is 5.41 Å². The minimum atomic E-state index is -0.437. The van der Waals surface area contributed by atoms with Gasteiger partial charge in [0.1, 0.15) is 0 Å². The van der Waals surface area contributed by atoms with Crippen LogP contribution in [-0.4, -0.2) is 42.1 Å². The molecular formula is C10H18N2O2S. The third-order valence-electron chi connectivity index (χ3n) is 2.92. The summed E-state index contributed by atoms with van der Waals surface area (Å²) in [4.78, 5) is 25.0. The summed E-state index contributed by atoms with van der Waals surface area (Å²) in [6, 6.07) is 0. The Kier molecular flexibility index (Phi) is 3.65. The molecule has 0 aromatic carbocycles. The van der Waals surface area contributed by atoms with Crippen LogP contribution in [0, 0.1) is 5.41 Å². The number of thiol groups is 1. The van der Waals surface area contributed by atoms with Gasteiger partial charge in [-0.1, -0.05) is 0 Å². The number of nitrogens with one attached hydrogen (secondary N) is 1. The summed E-state index contributed by atoms with van der Waals surface area (Å²) in [7, 11) is 1.62. The zero-order chi connectivity index (χ0) is 11.6. The van der Waals surface area contributed by atoms with E-state index in [1.807, 2.05) is 6.92 Å². The molecule has 1 aliphatic heterocycles.